The molecule has 2 aromatic rings. The second-order valence-electron chi connectivity index (χ2n) is 6.88. The van der Waals surface area contributed by atoms with E-state index < -0.39 is 6.89 Å². The molecule has 0 N–H and O–H groups in total. The zero-order valence-corrected chi connectivity index (χ0v) is 15.3. The van der Waals surface area contributed by atoms with Crippen molar-refractivity contribution in [2.24, 2.45) is 5.92 Å². The van der Waals surface area contributed by atoms with E-state index >= 15 is 0 Å². The van der Waals surface area contributed by atoms with Crippen molar-refractivity contribution >= 4 is 12.7 Å². The first-order chi connectivity index (χ1) is 10.5. The predicted octanol–water partition coefficient (Wildman–Crippen LogP) is 6.27. The van der Waals surface area contributed by atoms with Crippen LogP contribution >= 0.6 is 6.89 Å². The highest BCUT2D eigenvalue weighted by atomic mass is 31.2. The fraction of sp³-hybridized carbons (Fsp3) is 0.381. The summed E-state index contributed by atoms with van der Waals surface area (Å²) < 4.78 is 0. The molecule has 0 saturated carbocycles. The van der Waals surface area contributed by atoms with Crippen molar-refractivity contribution in [3.05, 3.63) is 71.8 Å². The van der Waals surface area contributed by atoms with Gasteiger partial charge in [-0.15, -0.1) is 0 Å². The summed E-state index contributed by atoms with van der Waals surface area (Å²) >= 11 is 0. The average molecular weight is 312 g/mol. The summed E-state index contributed by atoms with van der Waals surface area (Å²) in [5, 5.41) is 0. The van der Waals surface area contributed by atoms with Gasteiger partial charge in [0.05, 0.1) is 0 Å². The molecule has 118 valence electrons. The molecule has 1 heteroatoms. The average Bonchev–Trinajstić information content (AvgIpc) is 2.48. The lowest BCUT2D eigenvalue weighted by atomic mass is 10.2. The van der Waals surface area contributed by atoms with Gasteiger partial charge in [-0.2, -0.15) is 0 Å². The van der Waals surface area contributed by atoms with Crippen LogP contribution in [0.3, 0.4) is 0 Å². The molecule has 2 aromatic carbocycles. The molecule has 0 unspecified atom stereocenters. The second kappa shape index (κ2) is 7.84. The molecule has 0 atom stereocenters. The highest BCUT2D eigenvalue weighted by Crippen LogP contribution is 2.57. The van der Waals surface area contributed by atoms with E-state index in [1.165, 1.54) is 23.5 Å². The molecule has 0 aliphatic rings. The Kier molecular flexibility index (Phi) is 6.09. The summed E-state index contributed by atoms with van der Waals surface area (Å²) in [6.45, 7) is 8.29. The quantitative estimate of drug-likeness (QED) is 0.551. The fourth-order valence-corrected chi connectivity index (χ4v) is 7.51. The number of hydrogen-bond acceptors (Lipinski definition) is 0. The Bertz CT molecular complexity index is 563. The Labute approximate surface area is 136 Å². The van der Waals surface area contributed by atoms with Crippen molar-refractivity contribution in [3.8, 4) is 0 Å². The Morgan fingerprint density at radius 1 is 0.727 bits per heavy atom. The lowest BCUT2D eigenvalue weighted by Gasteiger charge is -2.32. The molecule has 2 rings (SSSR count). The first-order valence-corrected chi connectivity index (χ1v) is 10.6. The molecule has 0 heterocycles. The molecular formula is C21H29P. The smallest absolute Gasteiger partial charge is 0.00719 e. The minimum atomic E-state index is -1.19. The van der Waals surface area contributed by atoms with Crippen LogP contribution in [0.1, 0.15) is 38.8 Å². The van der Waals surface area contributed by atoms with Crippen LogP contribution < -0.4 is 0 Å². The largest absolute Gasteiger partial charge is 0.0978 e. The van der Waals surface area contributed by atoms with Crippen molar-refractivity contribution in [1.29, 1.82) is 0 Å². The molecule has 0 aliphatic heterocycles. The van der Waals surface area contributed by atoms with Gasteiger partial charge in [-0.25, -0.2) is 0 Å². The monoisotopic (exact) mass is 312 g/mol. The Morgan fingerprint density at radius 3 is 1.45 bits per heavy atom. The van der Waals surface area contributed by atoms with E-state index in [1.54, 1.807) is 0 Å². The molecule has 0 aliphatic carbocycles. The molecule has 0 fully saturated rings. The van der Waals surface area contributed by atoms with E-state index in [4.69, 9.17) is 0 Å². The Balaban J connectivity index is 2.42. The van der Waals surface area contributed by atoms with Gasteiger partial charge in [0.2, 0.25) is 0 Å². The number of benzene rings is 2. The van der Waals surface area contributed by atoms with Gasteiger partial charge < -0.3 is 0 Å². The minimum absolute atomic E-state index is 0.642. The van der Waals surface area contributed by atoms with Gasteiger partial charge >= 0.3 is 0 Å². The molecule has 0 amide bonds. The van der Waals surface area contributed by atoms with Crippen LogP contribution in [0.25, 0.3) is 0 Å². The molecule has 22 heavy (non-hydrogen) atoms. The zero-order chi connectivity index (χ0) is 16.0. The molecule has 0 saturated heterocycles. The highest BCUT2D eigenvalue weighted by molar-refractivity contribution is 7.74. The zero-order valence-electron chi connectivity index (χ0n) is 14.4. The van der Waals surface area contributed by atoms with E-state index in [1.807, 2.05) is 0 Å². The maximum Gasteiger partial charge on any atom is -0.00719 e. The first kappa shape index (κ1) is 17.1. The normalized spacial score (nSPS) is 11.9. The first-order valence-electron chi connectivity index (χ1n) is 8.32. The van der Waals surface area contributed by atoms with Gasteiger partial charge in [0.25, 0.3) is 0 Å². The predicted molar refractivity (Wildman–Crippen MR) is 103 cm³/mol. The van der Waals surface area contributed by atoms with Crippen molar-refractivity contribution in [1.82, 2.24) is 0 Å². The standard InChI is InChI=1S/C21H29P/c1-18(2)15-22(19(3)4,16-20-11-7-5-8-12-20)17-21-13-9-6-10-14-21/h5-15,18-19H,16-17H2,1-4H3. The number of hydrogen-bond donors (Lipinski definition) is 0. The van der Waals surface area contributed by atoms with Crippen molar-refractivity contribution in [2.75, 3.05) is 0 Å². The molecule has 0 aromatic heterocycles. The van der Waals surface area contributed by atoms with E-state index in [2.05, 4.69) is 94.2 Å². The van der Waals surface area contributed by atoms with Crippen LogP contribution in [0.4, 0.5) is 0 Å². The van der Waals surface area contributed by atoms with Gasteiger partial charge in [-0.05, 0) is 35.0 Å². The third-order valence-electron chi connectivity index (χ3n) is 4.26. The van der Waals surface area contributed by atoms with Crippen LogP contribution in [-0.4, -0.2) is 11.5 Å². The maximum atomic E-state index is 2.69. The van der Waals surface area contributed by atoms with Gasteiger partial charge in [0.1, 0.15) is 0 Å². The molecular weight excluding hydrogens is 283 g/mol. The van der Waals surface area contributed by atoms with Gasteiger partial charge in [0, 0.05) is 0 Å². The lowest BCUT2D eigenvalue weighted by Crippen LogP contribution is -2.09. The van der Waals surface area contributed by atoms with Crippen LogP contribution in [0, 0.1) is 5.92 Å². The van der Waals surface area contributed by atoms with Crippen LogP contribution in [-0.2, 0) is 12.3 Å². The summed E-state index contributed by atoms with van der Waals surface area (Å²) in [5.74, 6) is 3.33. The second-order valence-corrected chi connectivity index (χ2v) is 11.0. The van der Waals surface area contributed by atoms with E-state index in [9.17, 15) is 0 Å². The van der Waals surface area contributed by atoms with Crippen molar-refractivity contribution in [2.45, 2.75) is 45.7 Å². The van der Waals surface area contributed by atoms with E-state index in [0.717, 1.165) is 5.66 Å². The van der Waals surface area contributed by atoms with E-state index in [0.29, 0.717) is 5.92 Å². The summed E-state index contributed by atoms with van der Waals surface area (Å²) in [7, 11) is 0. The van der Waals surface area contributed by atoms with Crippen LogP contribution in [0.2, 0.25) is 0 Å². The number of rotatable bonds is 6. The summed E-state index contributed by atoms with van der Waals surface area (Å²) in [6.07, 6.45) is 2.44. The van der Waals surface area contributed by atoms with Crippen molar-refractivity contribution in [3.63, 3.8) is 0 Å². The summed E-state index contributed by atoms with van der Waals surface area (Å²) in [6, 6.07) is 22.1. The summed E-state index contributed by atoms with van der Waals surface area (Å²) in [4.78, 5) is 0. The fourth-order valence-electron chi connectivity index (χ4n) is 3.14. The maximum absolute atomic E-state index is 2.69. The third kappa shape index (κ3) is 4.62. The van der Waals surface area contributed by atoms with Crippen LogP contribution in [0.15, 0.2) is 60.7 Å². The van der Waals surface area contributed by atoms with Crippen LogP contribution in [0.5, 0.6) is 0 Å². The van der Waals surface area contributed by atoms with E-state index in [-0.39, 0.29) is 0 Å². The van der Waals surface area contributed by atoms with Crippen molar-refractivity contribution < 1.29 is 0 Å². The van der Waals surface area contributed by atoms with Gasteiger partial charge in [-0.1, -0.05) is 101 Å². The topological polar surface area (TPSA) is 0 Å². The third-order valence-corrected chi connectivity index (χ3v) is 9.42. The lowest BCUT2D eigenvalue weighted by molar-refractivity contribution is 0.916. The summed E-state index contributed by atoms with van der Waals surface area (Å²) in [5.41, 5.74) is 3.69. The molecule has 0 bridgehead atoms. The Morgan fingerprint density at radius 2 is 1.14 bits per heavy atom. The molecule has 0 spiro atoms. The van der Waals surface area contributed by atoms with Gasteiger partial charge in [0.15, 0.2) is 0 Å². The Hall–Kier alpha value is -1.26. The van der Waals surface area contributed by atoms with Gasteiger partial charge in [-0.3, -0.25) is 0 Å². The molecule has 0 nitrogen and oxygen atoms in total. The molecule has 0 radical (unpaired) electrons. The highest BCUT2D eigenvalue weighted by Gasteiger charge is 2.23. The SMILES string of the molecule is CC(C)C=P(Cc1ccccc1)(Cc1ccccc1)C(C)C. The minimum Gasteiger partial charge on any atom is -0.0978 e.